The summed E-state index contributed by atoms with van der Waals surface area (Å²) in [5.41, 5.74) is 11.4. The Hall–Kier alpha value is -3.64. The molecule has 2 aromatic carbocycles. The standard InChI is InChI=1S/C26H27N3O3/c1-17-6-8-18(9-7-17)16-32-26(31)29-24-13-11-19-14-20(10-12-23(19)24)25(30)28-22-5-3-2-4-21(27)15-22/h2-10,12,14-15,21,24H,11,13,16,27H2,1H3,(H,28,30)(H,29,31). The number of carbonyl (C=O) groups is 2. The van der Waals surface area contributed by atoms with Gasteiger partial charge in [-0.15, -0.1) is 0 Å². The number of alkyl carbamates (subject to hydrolysis) is 1. The first-order chi connectivity index (χ1) is 15.5. The van der Waals surface area contributed by atoms with E-state index in [4.69, 9.17) is 10.5 Å². The van der Waals surface area contributed by atoms with Crippen LogP contribution in [0.25, 0.3) is 0 Å². The van der Waals surface area contributed by atoms with Gasteiger partial charge in [0.2, 0.25) is 0 Å². The predicted molar refractivity (Wildman–Crippen MR) is 124 cm³/mol. The molecule has 0 saturated heterocycles. The normalized spacial score (nSPS) is 19.0. The summed E-state index contributed by atoms with van der Waals surface area (Å²) in [6.07, 6.45) is 10.3. The molecule has 2 amide bonds. The first kappa shape index (κ1) is 21.6. The molecule has 0 saturated carbocycles. The summed E-state index contributed by atoms with van der Waals surface area (Å²) in [5, 5.41) is 5.84. The van der Waals surface area contributed by atoms with Crippen molar-refractivity contribution >= 4 is 12.0 Å². The van der Waals surface area contributed by atoms with Crippen molar-refractivity contribution in [1.29, 1.82) is 0 Å². The Bertz CT molecular complexity index is 1100. The number of fused-ring (bicyclic) bond motifs is 1. The van der Waals surface area contributed by atoms with E-state index in [1.165, 1.54) is 0 Å². The van der Waals surface area contributed by atoms with Crippen LogP contribution in [0.5, 0.6) is 0 Å². The zero-order valence-electron chi connectivity index (χ0n) is 18.0. The molecule has 0 fully saturated rings. The minimum atomic E-state index is -0.442. The molecule has 4 N–H and O–H groups in total. The highest BCUT2D eigenvalue weighted by Crippen LogP contribution is 2.32. The molecule has 0 spiro atoms. The Morgan fingerprint density at radius 1 is 1.12 bits per heavy atom. The highest BCUT2D eigenvalue weighted by molar-refractivity contribution is 5.96. The van der Waals surface area contributed by atoms with E-state index in [0.29, 0.717) is 11.3 Å². The lowest BCUT2D eigenvalue weighted by molar-refractivity contribution is 0.0966. The first-order valence-corrected chi connectivity index (χ1v) is 10.7. The number of amides is 2. The van der Waals surface area contributed by atoms with Crippen LogP contribution in [-0.4, -0.2) is 18.0 Å². The highest BCUT2D eigenvalue weighted by atomic mass is 16.5. The number of ether oxygens (including phenoxy) is 1. The quantitative estimate of drug-likeness (QED) is 0.670. The number of nitrogens with one attached hydrogen (secondary N) is 2. The van der Waals surface area contributed by atoms with Gasteiger partial charge in [0, 0.05) is 17.3 Å². The number of hydrogen-bond acceptors (Lipinski definition) is 4. The topological polar surface area (TPSA) is 93.4 Å². The molecule has 0 aromatic heterocycles. The summed E-state index contributed by atoms with van der Waals surface area (Å²) in [6.45, 7) is 2.25. The van der Waals surface area contributed by atoms with Gasteiger partial charge in [-0.1, -0.05) is 54.1 Å². The Kier molecular flexibility index (Phi) is 6.52. The highest BCUT2D eigenvalue weighted by Gasteiger charge is 2.25. The second-order valence-electron chi connectivity index (χ2n) is 8.11. The lowest BCUT2D eigenvalue weighted by Crippen LogP contribution is -2.28. The van der Waals surface area contributed by atoms with Gasteiger partial charge >= 0.3 is 6.09 Å². The first-order valence-electron chi connectivity index (χ1n) is 10.7. The molecular formula is C26H27N3O3. The van der Waals surface area contributed by atoms with E-state index < -0.39 is 6.09 Å². The summed E-state index contributed by atoms with van der Waals surface area (Å²) >= 11 is 0. The monoisotopic (exact) mass is 429 g/mol. The van der Waals surface area contributed by atoms with Gasteiger partial charge in [-0.2, -0.15) is 0 Å². The second-order valence-corrected chi connectivity index (χ2v) is 8.11. The Morgan fingerprint density at radius 2 is 1.94 bits per heavy atom. The zero-order valence-corrected chi connectivity index (χ0v) is 18.0. The largest absolute Gasteiger partial charge is 0.445 e. The molecule has 2 aromatic rings. The molecule has 2 atom stereocenters. The van der Waals surface area contributed by atoms with Crippen molar-refractivity contribution in [3.8, 4) is 0 Å². The summed E-state index contributed by atoms with van der Waals surface area (Å²) in [5.74, 6) is -0.188. The third kappa shape index (κ3) is 5.34. The average molecular weight is 430 g/mol. The van der Waals surface area contributed by atoms with E-state index in [9.17, 15) is 9.59 Å². The third-order valence-corrected chi connectivity index (χ3v) is 5.62. The minimum Gasteiger partial charge on any atom is -0.445 e. The molecule has 2 aliphatic carbocycles. The van der Waals surface area contributed by atoms with Crippen molar-refractivity contribution in [3.05, 3.63) is 106 Å². The summed E-state index contributed by atoms with van der Waals surface area (Å²) < 4.78 is 5.37. The number of carbonyl (C=O) groups excluding carboxylic acids is 2. The zero-order chi connectivity index (χ0) is 22.5. The fourth-order valence-corrected chi connectivity index (χ4v) is 3.88. The van der Waals surface area contributed by atoms with Crippen molar-refractivity contribution in [1.82, 2.24) is 10.6 Å². The van der Waals surface area contributed by atoms with Gasteiger partial charge in [-0.05, 0) is 60.7 Å². The van der Waals surface area contributed by atoms with Crippen LogP contribution in [0.1, 0.15) is 45.1 Å². The van der Waals surface area contributed by atoms with Gasteiger partial charge in [0.1, 0.15) is 6.61 Å². The number of allylic oxidation sites excluding steroid dienone is 3. The van der Waals surface area contributed by atoms with Gasteiger partial charge in [0.25, 0.3) is 5.91 Å². The molecule has 6 nitrogen and oxygen atoms in total. The molecule has 2 aliphatic rings. The third-order valence-electron chi connectivity index (χ3n) is 5.62. The van der Waals surface area contributed by atoms with Gasteiger partial charge in [-0.3, -0.25) is 4.79 Å². The van der Waals surface area contributed by atoms with E-state index in [1.807, 2.05) is 67.6 Å². The van der Waals surface area contributed by atoms with Gasteiger partial charge < -0.3 is 21.1 Å². The maximum atomic E-state index is 12.7. The van der Waals surface area contributed by atoms with Crippen LogP contribution in [0.3, 0.4) is 0 Å². The number of rotatable bonds is 5. The second kappa shape index (κ2) is 9.66. The van der Waals surface area contributed by atoms with E-state index in [-0.39, 0.29) is 24.6 Å². The molecule has 164 valence electrons. The maximum absolute atomic E-state index is 12.7. The van der Waals surface area contributed by atoms with Gasteiger partial charge in [0.15, 0.2) is 0 Å². The van der Waals surface area contributed by atoms with Crippen molar-refractivity contribution in [2.24, 2.45) is 5.73 Å². The maximum Gasteiger partial charge on any atom is 0.407 e. The molecule has 0 heterocycles. The lowest BCUT2D eigenvalue weighted by atomic mass is 10.0. The van der Waals surface area contributed by atoms with Crippen molar-refractivity contribution in [3.63, 3.8) is 0 Å². The Balaban J connectivity index is 1.35. The van der Waals surface area contributed by atoms with Gasteiger partial charge in [0.05, 0.1) is 6.04 Å². The van der Waals surface area contributed by atoms with E-state index in [2.05, 4.69) is 10.6 Å². The van der Waals surface area contributed by atoms with Crippen molar-refractivity contribution in [2.75, 3.05) is 0 Å². The Morgan fingerprint density at radius 3 is 2.75 bits per heavy atom. The SMILES string of the molecule is Cc1ccc(COC(=O)NC2CCc3cc(C(=O)NC4=CC(N)C=CC=C4)ccc32)cc1. The van der Waals surface area contributed by atoms with Crippen LogP contribution in [-0.2, 0) is 17.8 Å². The fraction of sp³-hybridized carbons (Fsp3) is 0.231. The summed E-state index contributed by atoms with van der Waals surface area (Å²) in [6, 6.07) is 13.1. The van der Waals surface area contributed by atoms with Crippen LogP contribution >= 0.6 is 0 Å². The van der Waals surface area contributed by atoms with Crippen LogP contribution < -0.4 is 16.4 Å². The molecule has 0 radical (unpaired) electrons. The predicted octanol–water partition coefficient (Wildman–Crippen LogP) is 3.98. The average Bonchev–Trinajstić information content (AvgIpc) is 3.06. The van der Waals surface area contributed by atoms with Crippen molar-refractivity contribution < 1.29 is 14.3 Å². The van der Waals surface area contributed by atoms with Crippen LogP contribution in [0, 0.1) is 6.92 Å². The molecule has 0 bridgehead atoms. The fourth-order valence-electron chi connectivity index (χ4n) is 3.88. The smallest absolute Gasteiger partial charge is 0.407 e. The molecule has 2 unspecified atom stereocenters. The minimum absolute atomic E-state index is 0.121. The van der Waals surface area contributed by atoms with E-state index in [0.717, 1.165) is 35.1 Å². The number of nitrogens with two attached hydrogens (primary N) is 1. The molecular weight excluding hydrogens is 402 g/mol. The van der Waals surface area contributed by atoms with Crippen LogP contribution in [0.2, 0.25) is 0 Å². The molecule has 32 heavy (non-hydrogen) atoms. The van der Waals surface area contributed by atoms with Gasteiger partial charge in [-0.25, -0.2) is 4.79 Å². The van der Waals surface area contributed by atoms with E-state index >= 15 is 0 Å². The Labute approximate surface area is 187 Å². The number of hydrogen-bond donors (Lipinski definition) is 3. The summed E-state index contributed by atoms with van der Waals surface area (Å²) in [4.78, 5) is 25.0. The molecule has 4 rings (SSSR count). The number of benzene rings is 2. The van der Waals surface area contributed by atoms with Crippen molar-refractivity contribution in [2.45, 2.75) is 38.5 Å². The molecule has 6 heteroatoms. The number of aryl methyl sites for hydroxylation is 2. The van der Waals surface area contributed by atoms with Crippen LogP contribution in [0.15, 0.2) is 78.5 Å². The van der Waals surface area contributed by atoms with Crippen LogP contribution in [0.4, 0.5) is 4.79 Å². The lowest BCUT2D eigenvalue weighted by Gasteiger charge is -2.15. The molecule has 0 aliphatic heterocycles. The van der Waals surface area contributed by atoms with E-state index in [1.54, 1.807) is 12.1 Å². The summed E-state index contributed by atoms with van der Waals surface area (Å²) in [7, 11) is 0.